The van der Waals surface area contributed by atoms with Crippen LogP contribution in [0.25, 0.3) is 164 Å². The highest BCUT2D eigenvalue weighted by Crippen LogP contribution is 2.55. The molecule has 2 aliphatic rings. The van der Waals surface area contributed by atoms with Crippen LogP contribution < -0.4 is 0 Å². The van der Waals surface area contributed by atoms with Gasteiger partial charge in [0.1, 0.15) is 0 Å². The molecule has 0 unspecified atom stereocenters. The number of hydrogen-bond donors (Lipinski definition) is 0. The van der Waals surface area contributed by atoms with Gasteiger partial charge in [-0.1, -0.05) is 270 Å². The molecule has 0 aromatic heterocycles. The predicted molar refractivity (Wildman–Crippen MR) is 361 cm³/mol. The fourth-order valence-electron chi connectivity index (χ4n) is 16.2. The van der Waals surface area contributed by atoms with E-state index in [-0.39, 0.29) is 10.8 Å². The van der Waals surface area contributed by atoms with Crippen molar-refractivity contribution in [2.75, 3.05) is 0 Å². The van der Waals surface area contributed by atoms with Crippen LogP contribution in [0, 0.1) is 0 Å². The van der Waals surface area contributed by atoms with Gasteiger partial charge >= 0.3 is 0 Å². The predicted octanol–water partition coefficient (Wildman–Crippen LogP) is 23.3. The topological polar surface area (TPSA) is 0 Å². The van der Waals surface area contributed by atoms with Crippen molar-refractivity contribution in [1.29, 1.82) is 0 Å². The molecule has 0 amide bonds. The minimum absolute atomic E-state index is 0.105. The highest BCUT2D eigenvalue weighted by Gasteiger charge is 2.37. The van der Waals surface area contributed by atoms with Crippen LogP contribution in [0.1, 0.15) is 49.9 Å². The lowest BCUT2D eigenvalue weighted by Gasteiger charge is -2.23. The lowest BCUT2D eigenvalue weighted by atomic mass is 9.80. The monoisotopic (exact) mass is 1060 g/mol. The Hall–Kier alpha value is -10.1. The van der Waals surface area contributed by atoms with Crippen LogP contribution in [-0.2, 0) is 10.8 Å². The summed E-state index contributed by atoms with van der Waals surface area (Å²) in [4.78, 5) is 0. The molecule has 0 radical (unpaired) electrons. The molecule has 2 aliphatic carbocycles. The standard InChI is InChI=1S/C84H56/c1-83(2)73-35-19-17-23-57(73)59-43-39-51(47-75(59)83)79-67-31-13-9-27-63(67)77(64-28-10-14-32-68(64)79)49-37-41-55-53-21-5-8-26-62(53)82-72-46-50(38-42-56(72)54-22-6-7-25-61(54)81(82)71(55)45-49)78-65-29-11-15-33-69(65)80(70-34-16-12-30-66(70)78)52-40-44-60-58-24-18-20-36-74(58)84(3,4)76(60)48-52/h5-48H,1-4H3. The largest absolute Gasteiger partial charge is 0.0619 e. The molecule has 18 rings (SSSR count). The maximum atomic E-state index is 2.54. The molecule has 0 N–H and O–H groups in total. The number of hydrogen-bond acceptors (Lipinski definition) is 0. The molecule has 0 nitrogen and oxygen atoms in total. The van der Waals surface area contributed by atoms with E-state index in [1.54, 1.807) is 0 Å². The summed E-state index contributed by atoms with van der Waals surface area (Å²) >= 11 is 0. The lowest BCUT2D eigenvalue weighted by Crippen LogP contribution is -2.14. The number of rotatable bonds is 4. The summed E-state index contributed by atoms with van der Waals surface area (Å²) in [6, 6.07) is 102. The molecule has 0 fully saturated rings. The Morgan fingerprint density at radius 1 is 0.179 bits per heavy atom. The Balaban J connectivity index is 0.881. The second-order valence-corrected chi connectivity index (χ2v) is 24.9. The zero-order valence-corrected chi connectivity index (χ0v) is 47.4. The van der Waals surface area contributed by atoms with Crippen LogP contribution in [0.15, 0.2) is 267 Å². The third-order valence-corrected chi connectivity index (χ3v) is 20.0. The van der Waals surface area contributed by atoms with Crippen LogP contribution in [-0.4, -0.2) is 0 Å². The van der Waals surface area contributed by atoms with Crippen LogP contribution in [0.3, 0.4) is 0 Å². The molecule has 0 atom stereocenters. The zero-order valence-electron chi connectivity index (χ0n) is 47.4. The Bertz CT molecular complexity index is 5150. The summed E-state index contributed by atoms with van der Waals surface area (Å²) in [5, 5.41) is 22.8. The lowest BCUT2D eigenvalue weighted by molar-refractivity contribution is 0.660. The van der Waals surface area contributed by atoms with Crippen LogP contribution >= 0.6 is 0 Å². The molecule has 0 heteroatoms. The molecular formula is C84H56. The smallest absolute Gasteiger partial charge is 0.0159 e. The Kier molecular flexibility index (Phi) is 9.73. The summed E-state index contributed by atoms with van der Waals surface area (Å²) < 4.78 is 0. The quantitative estimate of drug-likeness (QED) is 0.122. The molecular weight excluding hydrogens is 1010 g/mol. The average Bonchev–Trinajstić information content (AvgIpc) is 2.32. The second kappa shape index (κ2) is 17.2. The average molecular weight is 1070 g/mol. The fraction of sp³-hybridized carbons (Fsp3) is 0.0714. The Labute approximate surface area is 488 Å². The van der Waals surface area contributed by atoms with Gasteiger partial charge in [-0.05, 0) is 210 Å². The van der Waals surface area contributed by atoms with Crippen LogP contribution in [0.4, 0.5) is 0 Å². The van der Waals surface area contributed by atoms with Crippen molar-refractivity contribution < 1.29 is 0 Å². The number of benzene rings is 16. The van der Waals surface area contributed by atoms with Crippen molar-refractivity contribution in [3.63, 3.8) is 0 Å². The van der Waals surface area contributed by atoms with Gasteiger partial charge < -0.3 is 0 Å². The molecule has 16 aromatic rings. The van der Waals surface area contributed by atoms with Gasteiger partial charge in [0, 0.05) is 10.8 Å². The summed E-state index contributed by atoms with van der Waals surface area (Å²) in [6.45, 7) is 9.54. The van der Waals surface area contributed by atoms with E-state index in [1.807, 2.05) is 0 Å². The van der Waals surface area contributed by atoms with Gasteiger partial charge in [-0.15, -0.1) is 0 Å². The van der Waals surface area contributed by atoms with Crippen LogP contribution in [0.5, 0.6) is 0 Å². The molecule has 392 valence electrons. The van der Waals surface area contributed by atoms with Gasteiger partial charge in [0.15, 0.2) is 0 Å². The zero-order chi connectivity index (χ0) is 55.7. The van der Waals surface area contributed by atoms with Crippen LogP contribution in [0.2, 0.25) is 0 Å². The first-order valence-electron chi connectivity index (χ1n) is 29.8. The van der Waals surface area contributed by atoms with E-state index in [4.69, 9.17) is 0 Å². The van der Waals surface area contributed by atoms with Gasteiger partial charge in [-0.3, -0.25) is 0 Å². The molecule has 0 spiro atoms. The maximum absolute atomic E-state index is 2.54. The van der Waals surface area contributed by atoms with Gasteiger partial charge in [-0.2, -0.15) is 0 Å². The van der Waals surface area contributed by atoms with Gasteiger partial charge in [0.2, 0.25) is 0 Å². The van der Waals surface area contributed by atoms with Crippen molar-refractivity contribution in [2.24, 2.45) is 0 Å². The van der Waals surface area contributed by atoms with Crippen molar-refractivity contribution >= 4 is 97.0 Å². The minimum Gasteiger partial charge on any atom is -0.0619 e. The van der Waals surface area contributed by atoms with Crippen molar-refractivity contribution in [3.05, 3.63) is 289 Å². The molecule has 16 aromatic carbocycles. The van der Waals surface area contributed by atoms with E-state index in [0.29, 0.717) is 0 Å². The third kappa shape index (κ3) is 6.38. The molecule has 0 saturated heterocycles. The summed E-state index contributed by atoms with van der Waals surface area (Å²) in [7, 11) is 0. The van der Waals surface area contributed by atoms with Crippen molar-refractivity contribution in [1.82, 2.24) is 0 Å². The first kappa shape index (κ1) is 47.5. The fourth-order valence-corrected chi connectivity index (χ4v) is 16.2. The maximum Gasteiger partial charge on any atom is 0.0159 e. The molecule has 0 saturated carbocycles. The Morgan fingerprint density at radius 2 is 0.417 bits per heavy atom. The van der Waals surface area contributed by atoms with E-state index in [9.17, 15) is 0 Å². The normalized spacial score (nSPS) is 13.9. The van der Waals surface area contributed by atoms with E-state index in [0.717, 1.165) is 0 Å². The summed E-state index contributed by atoms with van der Waals surface area (Å²) in [5.74, 6) is 0. The highest BCUT2D eigenvalue weighted by molar-refractivity contribution is 6.40. The summed E-state index contributed by atoms with van der Waals surface area (Å²) in [6.07, 6.45) is 0. The Morgan fingerprint density at radius 3 is 0.750 bits per heavy atom. The van der Waals surface area contributed by atoms with Crippen molar-refractivity contribution in [2.45, 2.75) is 38.5 Å². The first-order chi connectivity index (χ1) is 41.2. The SMILES string of the molecule is CC1(C)c2ccccc2-c2ccc(-c3c4ccccc4c(-c4ccc5c6ccccc6c6c7cc(-c8c9ccccc9c(-c9ccc%10c(c9)C(C)(C)c9ccccc9-%10)c9ccccc89)ccc7c7ccccc7c6c5c4)c4ccccc34)cc21. The number of fused-ring (bicyclic) bond motifs is 21. The summed E-state index contributed by atoms with van der Waals surface area (Å²) in [5.41, 5.74) is 20.8. The molecule has 0 bridgehead atoms. The van der Waals surface area contributed by atoms with E-state index in [1.165, 1.54) is 186 Å². The van der Waals surface area contributed by atoms with E-state index in [2.05, 4.69) is 295 Å². The first-order valence-corrected chi connectivity index (χ1v) is 29.8. The van der Waals surface area contributed by atoms with Gasteiger partial charge in [-0.25, -0.2) is 0 Å². The van der Waals surface area contributed by atoms with Crippen molar-refractivity contribution in [3.8, 4) is 66.8 Å². The third-order valence-electron chi connectivity index (χ3n) is 20.0. The van der Waals surface area contributed by atoms with Gasteiger partial charge in [0.05, 0.1) is 0 Å². The molecule has 0 aliphatic heterocycles. The highest BCUT2D eigenvalue weighted by atomic mass is 14.4. The minimum atomic E-state index is -0.105. The molecule has 84 heavy (non-hydrogen) atoms. The second-order valence-electron chi connectivity index (χ2n) is 24.9. The van der Waals surface area contributed by atoms with E-state index >= 15 is 0 Å². The van der Waals surface area contributed by atoms with Gasteiger partial charge in [0.25, 0.3) is 0 Å². The van der Waals surface area contributed by atoms with E-state index < -0.39 is 0 Å². The molecule has 0 heterocycles.